The van der Waals surface area contributed by atoms with Crippen molar-refractivity contribution in [3.63, 3.8) is 0 Å². The highest BCUT2D eigenvalue weighted by molar-refractivity contribution is 4.80. The Morgan fingerprint density at radius 2 is 2.09 bits per heavy atom. The van der Waals surface area contributed by atoms with Crippen LogP contribution in [0.2, 0.25) is 0 Å². The van der Waals surface area contributed by atoms with Gasteiger partial charge in [0.2, 0.25) is 0 Å². The first kappa shape index (κ1) is 10.6. The fourth-order valence-corrected chi connectivity index (χ4v) is 0.947. The molecule has 0 fully saturated rings. The first-order chi connectivity index (χ1) is 5.13. The van der Waals surface area contributed by atoms with Crippen LogP contribution in [0.3, 0.4) is 0 Å². The minimum absolute atomic E-state index is 0.0586. The molecule has 0 saturated carbocycles. The summed E-state index contributed by atoms with van der Waals surface area (Å²) in [6, 6.07) is 0.218. The summed E-state index contributed by atoms with van der Waals surface area (Å²) < 4.78 is 0. The lowest BCUT2D eigenvalue weighted by atomic mass is 10.3. The Balaban J connectivity index is 3.97. The zero-order valence-electron chi connectivity index (χ0n) is 7.20. The minimum Gasteiger partial charge on any atom is -0.395 e. The van der Waals surface area contributed by atoms with Gasteiger partial charge in [0.05, 0.1) is 6.61 Å². The van der Waals surface area contributed by atoms with E-state index in [-0.39, 0.29) is 12.6 Å². The Bertz CT molecular complexity index is 115. The first-order valence-corrected chi connectivity index (χ1v) is 3.80. The largest absolute Gasteiger partial charge is 0.395 e. The maximum absolute atomic E-state index is 9.32. The second-order valence-corrected chi connectivity index (χ2v) is 2.70. The molecule has 1 unspecified atom stereocenters. The van der Waals surface area contributed by atoms with Gasteiger partial charge in [-0.25, -0.2) is 0 Å². The minimum atomic E-state index is -0.651. The molecule has 66 valence electrons. The molecule has 0 heterocycles. The van der Waals surface area contributed by atoms with E-state index in [1.165, 1.54) is 6.08 Å². The molecule has 1 atom stereocenters. The van der Waals surface area contributed by atoms with Crippen molar-refractivity contribution < 1.29 is 10.2 Å². The van der Waals surface area contributed by atoms with E-state index in [0.29, 0.717) is 6.54 Å². The maximum atomic E-state index is 9.32. The van der Waals surface area contributed by atoms with Gasteiger partial charge in [-0.3, -0.25) is 4.90 Å². The Morgan fingerprint density at radius 1 is 1.55 bits per heavy atom. The van der Waals surface area contributed by atoms with E-state index in [4.69, 9.17) is 5.11 Å². The van der Waals surface area contributed by atoms with Gasteiger partial charge in [0.1, 0.15) is 6.23 Å². The molecular formula is C8H17NO2. The SMILES string of the molecule is C=CC(O)N(CCO)C(C)C. The molecule has 2 N–H and O–H groups in total. The van der Waals surface area contributed by atoms with Gasteiger partial charge in [-0.05, 0) is 19.9 Å². The van der Waals surface area contributed by atoms with Crippen LogP contribution < -0.4 is 0 Å². The van der Waals surface area contributed by atoms with Gasteiger partial charge in [-0.1, -0.05) is 6.58 Å². The van der Waals surface area contributed by atoms with Crippen LogP contribution in [0.4, 0.5) is 0 Å². The lowest BCUT2D eigenvalue weighted by Gasteiger charge is -2.28. The summed E-state index contributed by atoms with van der Waals surface area (Å²) in [6.45, 7) is 7.93. The quantitative estimate of drug-likeness (QED) is 0.444. The van der Waals surface area contributed by atoms with Crippen LogP contribution in [0.15, 0.2) is 12.7 Å². The molecule has 0 aromatic rings. The smallest absolute Gasteiger partial charge is 0.126 e. The Hall–Kier alpha value is -0.380. The number of nitrogens with zero attached hydrogens (tertiary/aromatic N) is 1. The van der Waals surface area contributed by atoms with E-state index >= 15 is 0 Å². The molecule has 0 aromatic carbocycles. The van der Waals surface area contributed by atoms with Crippen LogP contribution >= 0.6 is 0 Å². The van der Waals surface area contributed by atoms with Crippen LogP contribution in [0, 0.1) is 0 Å². The average Bonchev–Trinajstić information content (AvgIpc) is 1.98. The molecular weight excluding hydrogens is 142 g/mol. The van der Waals surface area contributed by atoms with Crippen molar-refractivity contribution in [2.75, 3.05) is 13.2 Å². The zero-order valence-corrected chi connectivity index (χ0v) is 7.20. The maximum Gasteiger partial charge on any atom is 0.126 e. The molecule has 0 aliphatic heterocycles. The molecule has 0 bridgehead atoms. The van der Waals surface area contributed by atoms with E-state index < -0.39 is 6.23 Å². The van der Waals surface area contributed by atoms with E-state index in [9.17, 15) is 5.11 Å². The summed E-state index contributed by atoms with van der Waals surface area (Å²) in [5, 5.41) is 18.0. The van der Waals surface area contributed by atoms with E-state index in [2.05, 4.69) is 6.58 Å². The van der Waals surface area contributed by atoms with E-state index in [0.717, 1.165) is 0 Å². The van der Waals surface area contributed by atoms with Crippen LogP contribution in [-0.2, 0) is 0 Å². The monoisotopic (exact) mass is 159 g/mol. The van der Waals surface area contributed by atoms with Crippen LogP contribution in [0.5, 0.6) is 0 Å². The van der Waals surface area contributed by atoms with Gasteiger partial charge >= 0.3 is 0 Å². The van der Waals surface area contributed by atoms with Crippen molar-refractivity contribution in [2.45, 2.75) is 26.1 Å². The molecule has 0 radical (unpaired) electrons. The molecule has 0 rings (SSSR count). The molecule has 0 spiro atoms. The van der Waals surface area contributed by atoms with E-state index in [1.54, 1.807) is 4.90 Å². The highest BCUT2D eigenvalue weighted by Crippen LogP contribution is 2.02. The summed E-state index contributed by atoms with van der Waals surface area (Å²) >= 11 is 0. The number of hydrogen-bond acceptors (Lipinski definition) is 3. The molecule has 0 aliphatic rings. The topological polar surface area (TPSA) is 43.7 Å². The molecule has 11 heavy (non-hydrogen) atoms. The second kappa shape index (κ2) is 5.29. The lowest BCUT2D eigenvalue weighted by molar-refractivity contribution is 0.00842. The number of hydrogen-bond donors (Lipinski definition) is 2. The number of aliphatic hydroxyl groups is 2. The molecule has 0 aliphatic carbocycles. The number of rotatable bonds is 5. The van der Waals surface area contributed by atoms with Gasteiger partial charge < -0.3 is 10.2 Å². The first-order valence-electron chi connectivity index (χ1n) is 3.80. The highest BCUT2D eigenvalue weighted by atomic mass is 16.3. The third-order valence-corrected chi connectivity index (χ3v) is 1.57. The van der Waals surface area contributed by atoms with Crippen LogP contribution in [0.1, 0.15) is 13.8 Å². The lowest BCUT2D eigenvalue weighted by Crippen LogP contribution is -2.40. The standard InChI is InChI=1S/C8H17NO2/c1-4-8(11)9(5-6-10)7(2)3/h4,7-8,10-11H,1,5-6H2,2-3H3. The van der Waals surface area contributed by atoms with Crippen LogP contribution in [0.25, 0.3) is 0 Å². The van der Waals surface area contributed by atoms with Crippen LogP contribution in [-0.4, -0.2) is 40.5 Å². The Morgan fingerprint density at radius 3 is 2.36 bits per heavy atom. The summed E-state index contributed by atoms with van der Waals surface area (Å²) in [7, 11) is 0. The molecule has 0 saturated heterocycles. The third-order valence-electron chi connectivity index (χ3n) is 1.57. The van der Waals surface area contributed by atoms with Gasteiger partial charge in [-0.2, -0.15) is 0 Å². The Kier molecular flexibility index (Phi) is 5.11. The highest BCUT2D eigenvalue weighted by Gasteiger charge is 2.14. The second-order valence-electron chi connectivity index (χ2n) is 2.70. The predicted molar refractivity (Wildman–Crippen MR) is 45.1 cm³/mol. The summed E-state index contributed by atoms with van der Waals surface area (Å²) in [4.78, 5) is 1.76. The predicted octanol–water partition coefficient (Wildman–Crippen LogP) is 0.193. The Labute approximate surface area is 68.0 Å². The van der Waals surface area contributed by atoms with Gasteiger partial charge in [0.15, 0.2) is 0 Å². The van der Waals surface area contributed by atoms with Crippen molar-refractivity contribution in [2.24, 2.45) is 0 Å². The fourth-order valence-electron chi connectivity index (χ4n) is 0.947. The molecule has 3 nitrogen and oxygen atoms in total. The van der Waals surface area contributed by atoms with E-state index in [1.807, 2.05) is 13.8 Å². The third kappa shape index (κ3) is 3.51. The normalized spacial score (nSPS) is 14.0. The van der Waals surface area contributed by atoms with Gasteiger partial charge in [0, 0.05) is 12.6 Å². The zero-order chi connectivity index (χ0) is 8.85. The van der Waals surface area contributed by atoms with Crippen molar-refractivity contribution in [1.29, 1.82) is 0 Å². The summed E-state index contributed by atoms with van der Waals surface area (Å²) in [5.74, 6) is 0. The molecule has 0 aromatic heterocycles. The van der Waals surface area contributed by atoms with Crippen molar-refractivity contribution in [3.8, 4) is 0 Å². The van der Waals surface area contributed by atoms with Crippen molar-refractivity contribution >= 4 is 0 Å². The average molecular weight is 159 g/mol. The summed E-state index contributed by atoms with van der Waals surface area (Å²) in [6.07, 6.45) is 0.803. The van der Waals surface area contributed by atoms with Gasteiger partial charge in [-0.15, -0.1) is 0 Å². The molecule has 0 amide bonds. The van der Waals surface area contributed by atoms with Gasteiger partial charge in [0.25, 0.3) is 0 Å². The van der Waals surface area contributed by atoms with Crippen molar-refractivity contribution in [1.82, 2.24) is 4.90 Å². The molecule has 3 heteroatoms. The fraction of sp³-hybridized carbons (Fsp3) is 0.750. The number of aliphatic hydroxyl groups excluding tert-OH is 2. The van der Waals surface area contributed by atoms with Crippen molar-refractivity contribution in [3.05, 3.63) is 12.7 Å². The summed E-state index contributed by atoms with van der Waals surface area (Å²) in [5.41, 5.74) is 0.